The van der Waals surface area contributed by atoms with Gasteiger partial charge in [0.2, 0.25) is 10.0 Å². The van der Waals surface area contributed by atoms with Gasteiger partial charge in [0.1, 0.15) is 10.7 Å². The maximum Gasteiger partial charge on any atom is 0.246 e. The van der Waals surface area contributed by atoms with Gasteiger partial charge < -0.3 is 5.11 Å². The highest BCUT2D eigenvalue weighted by Gasteiger charge is 2.30. The molecule has 128 valence electrons. The fourth-order valence-corrected chi connectivity index (χ4v) is 4.10. The number of para-hydroxylation sites is 1. The zero-order chi connectivity index (χ0) is 17.2. The number of sulfonamides is 1. The van der Waals surface area contributed by atoms with Crippen LogP contribution in [0.4, 0.5) is 4.39 Å². The van der Waals surface area contributed by atoms with Crippen molar-refractivity contribution in [1.29, 1.82) is 0 Å². The van der Waals surface area contributed by atoms with Crippen molar-refractivity contribution in [3.8, 4) is 5.69 Å². The second-order valence-corrected chi connectivity index (χ2v) is 7.50. The van der Waals surface area contributed by atoms with Gasteiger partial charge in [-0.3, -0.25) is 0 Å². The Kier molecular flexibility index (Phi) is 4.79. The van der Waals surface area contributed by atoms with Crippen molar-refractivity contribution >= 4 is 10.0 Å². The molecule has 2 heterocycles. The minimum Gasteiger partial charge on any atom is -0.389 e. The average molecular weight is 351 g/mol. The number of benzene rings is 1. The van der Waals surface area contributed by atoms with E-state index in [2.05, 4.69) is 5.10 Å². The van der Waals surface area contributed by atoms with Crippen LogP contribution in [-0.4, -0.2) is 47.3 Å². The van der Waals surface area contributed by atoms with Crippen LogP contribution in [0.1, 0.15) is 12.8 Å². The van der Waals surface area contributed by atoms with Crippen molar-refractivity contribution < 1.29 is 17.9 Å². The van der Waals surface area contributed by atoms with Crippen molar-refractivity contribution in [2.75, 3.05) is 19.7 Å². The van der Waals surface area contributed by atoms with Gasteiger partial charge in [-0.05, 0) is 30.5 Å². The fourth-order valence-electron chi connectivity index (χ4n) is 2.69. The molecule has 0 unspecified atom stereocenters. The van der Waals surface area contributed by atoms with Crippen molar-refractivity contribution in [1.82, 2.24) is 14.1 Å². The molecule has 24 heavy (non-hydrogen) atoms. The molecule has 0 aliphatic carbocycles. The molecule has 1 aliphatic rings. The first kappa shape index (κ1) is 16.8. The quantitative estimate of drug-likeness (QED) is 0.912. The lowest BCUT2D eigenvalue weighted by Crippen LogP contribution is -2.37. The predicted molar refractivity (Wildman–Crippen MR) is 86.8 cm³/mol. The van der Waals surface area contributed by atoms with Gasteiger partial charge in [0, 0.05) is 13.1 Å². The summed E-state index contributed by atoms with van der Waals surface area (Å²) in [7, 11) is -3.76. The number of nitrogens with zero attached hydrogens (tertiary/aromatic N) is 3. The lowest BCUT2D eigenvalue weighted by atomic mass is 10.1. The standard InChI is InChI=1S/C16H18FN3O3S/c17-16(12-21)13-5-4-8-19(10-13)24(22,23)15-9-18-20(11-15)14-6-2-1-3-7-14/h1-3,6-7,9,11,21H,4-5,8,10,12H2/b16-13+. The number of hydrogen-bond acceptors (Lipinski definition) is 4. The molecule has 0 saturated carbocycles. The van der Waals surface area contributed by atoms with Crippen molar-refractivity contribution in [3.63, 3.8) is 0 Å². The van der Waals surface area contributed by atoms with E-state index >= 15 is 0 Å². The highest BCUT2D eigenvalue weighted by Crippen LogP contribution is 2.25. The first-order valence-corrected chi connectivity index (χ1v) is 9.04. The third-order valence-electron chi connectivity index (χ3n) is 3.99. The van der Waals surface area contributed by atoms with Crippen LogP contribution in [0.2, 0.25) is 0 Å². The molecule has 1 aromatic heterocycles. The van der Waals surface area contributed by atoms with Crippen LogP contribution in [-0.2, 0) is 10.0 Å². The molecule has 0 bridgehead atoms. The molecule has 1 aromatic carbocycles. The van der Waals surface area contributed by atoms with Gasteiger partial charge in [-0.15, -0.1) is 0 Å². The fraction of sp³-hybridized carbons (Fsp3) is 0.312. The summed E-state index contributed by atoms with van der Waals surface area (Å²) < 4.78 is 41.8. The summed E-state index contributed by atoms with van der Waals surface area (Å²) in [5, 5.41) is 13.0. The van der Waals surface area contributed by atoms with E-state index in [1.54, 1.807) is 0 Å². The monoisotopic (exact) mass is 351 g/mol. The van der Waals surface area contributed by atoms with Gasteiger partial charge in [0.15, 0.2) is 0 Å². The van der Waals surface area contributed by atoms with Crippen LogP contribution in [0.15, 0.2) is 59.0 Å². The molecular weight excluding hydrogens is 333 g/mol. The zero-order valence-corrected chi connectivity index (χ0v) is 13.8. The molecule has 6 nitrogen and oxygen atoms in total. The van der Waals surface area contributed by atoms with Crippen molar-refractivity contribution in [2.24, 2.45) is 0 Å². The summed E-state index contributed by atoms with van der Waals surface area (Å²) >= 11 is 0. The van der Waals surface area contributed by atoms with E-state index in [4.69, 9.17) is 5.11 Å². The lowest BCUT2D eigenvalue weighted by molar-refractivity contribution is 0.288. The number of halogens is 1. The van der Waals surface area contributed by atoms with Gasteiger partial charge in [-0.25, -0.2) is 17.5 Å². The Balaban J connectivity index is 1.87. The molecule has 3 rings (SSSR count). The molecule has 0 spiro atoms. The highest BCUT2D eigenvalue weighted by atomic mass is 32.2. The number of rotatable bonds is 4. The Morgan fingerprint density at radius 2 is 2.04 bits per heavy atom. The second kappa shape index (κ2) is 6.84. The number of aliphatic hydroxyl groups excluding tert-OH is 1. The summed E-state index contributed by atoms with van der Waals surface area (Å²) in [5.41, 5.74) is 1.09. The van der Waals surface area contributed by atoms with E-state index in [0.29, 0.717) is 25.0 Å². The molecular formula is C16H18FN3O3S. The largest absolute Gasteiger partial charge is 0.389 e. The van der Waals surface area contributed by atoms with Crippen LogP contribution in [0, 0.1) is 0 Å². The predicted octanol–water partition coefficient (Wildman–Crippen LogP) is 1.87. The van der Waals surface area contributed by atoms with E-state index in [0.717, 1.165) is 5.69 Å². The molecule has 0 atom stereocenters. The van der Waals surface area contributed by atoms with Crippen LogP contribution in [0.3, 0.4) is 0 Å². The van der Waals surface area contributed by atoms with Crippen LogP contribution in [0.5, 0.6) is 0 Å². The second-order valence-electron chi connectivity index (χ2n) is 5.56. The van der Waals surface area contributed by atoms with Gasteiger partial charge in [0.25, 0.3) is 0 Å². The third-order valence-corrected chi connectivity index (χ3v) is 5.79. The molecule has 0 radical (unpaired) electrons. The Bertz CT molecular complexity index is 846. The summed E-state index contributed by atoms with van der Waals surface area (Å²) in [6.45, 7) is -0.415. The molecule has 1 N–H and O–H groups in total. The Hall–Kier alpha value is -2.03. The van der Waals surface area contributed by atoms with Crippen LogP contribution >= 0.6 is 0 Å². The van der Waals surface area contributed by atoms with Crippen molar-refractivity contribution in [3.05, 3.63) is 54.1 Å². The first-order valence-electron chi connectivity index (χ1n) is 7.60. The summed E-state index contributed by atoms with van der Waals surface area (Å²) in [6, 6.07) is 9.18. The van der Waals surface area contributed by atoms with Gasteiger partial charge >= 0.3 is 0 Å². The highest BCUT2D eigenvalue weighted by molar-refractivity contribution is 7.89. The Morgan fingerprint density at radius 3 is 2.75 bits per heavy atom. The minimum absolute atomic E-state index is 0.0365. The van der Waals surface area contributed by atoms with Crippen molar-refractivity contribution in [2.45, 2.75) is 17.7 Å². The molecule has 0 amide bonds. The number of aliphatic hydroxyl groups is 1. The Morgan fingerprint density at radius 1 is 1.29 bits per heavy atom. The first-order chi connectivity index (χ1) is 11.5. The normalized spacial score (nSPS) is 18.6. The van der Waals surface area contributed by atoms with E-state index in [-0.39, 0.29) is 11.4 Å². The van der Waals surface area contributed by atoms with Gasteiger partial charge in [-0.2, -0.15) is 9.40 Å². The summed E-state index contributed by atoms with van der Waals surface area (Å²) in [5.74, 6) is -0.644. The SMILES string of the molecule is O=S(=O)(c1cnn(-c2ccccc2)c1)N1CCC/C(=C(\F)CO)C1. The third kappa shape index (κ3) is 3.26. The van der Waals surface area contributed by atoms with Crippen LogP contribution < -0.4 is 0 Å². The van der Waals surface area contributed by atoms with E-state index in [9.17, 15) is 12.8 Å². The van der Waals surface area contributed by atoms with E-state index < -0.39 is 22.5 Å². The maximum atomic E-state index is 13.6. The average Bonchev–Trinajstić information content (AvgIpc) is 3.13. The molecule has 8 heteroatoms. The van der Waals surface area contributed by atoms with Crippen LogP contribution in [0.25, 0.3) is 5.69 Å². The molecule has 1 saturated heterocycles. The number of piperidine rings is 1. The summed E-state index contributed by atoms with van der Waals surface area (Å²) in [4.78, 5) is 0.0667. The smallest absolute Gasteiger partial charge is 0.246 e. The maximum absolute atomic E-state index is 13.6. The summed E-state index contributed by atoms with van der Waals surface area (Å²) in [6.07, 6.45) is 3.73. The van der Waals surface area contributed by atoms with E-state index in [1.807, 2.05) is 30.3 Å². The molecule has 1 fully saturated rings. The zero-order valence-electron chi connectivity index (χ0n) is 13.0. The van der Waals surface area contributed by atoms with E-state index in [1.165, 1.54) is 21.4 Å². The minimum atomic E-state index is -3.76. The lowest BCUT2D eigenvalue weighted by Gasteiger charge is -2.27. The van der Waals surface area contributed by atoms with Gasteiger partial charge in [-0.1, -0.05) is 18.2 Å². The topological polar surface area (TPSA) is 75.4 Å². The molecule has 2 aromatic rings. The van der Waals surface area contributed by atoms with Gasteiger partial charge in [0.05, 0.1) is 24.7 Å². The molecule has 1 aliphatic heterocycles. The number of hydrogen-bond donors (Lipinski definition) is 1. The Labute approximate surface area is 139 Å². The number of aromatic nitrogens is 2.